The van der Waals surface area contributed by atoms with E-state index in [4.69, 9.17) is 30.3 Å². The molecule has 590 valence electrons. The maximum atomic E-state index is 10.3. The van der Waals surface area contributed by atoms with Gasteiger partial charge in [-0.25, -0.2) is 0 Å². The molecule has 8 nitrogen and oxygen atoms in total. The number of unbranched alkanes of at least 4 members (excludes halogenated alkanes) is 66. The van der Waals surface area contributed by atoms with Crippen molar-refractivity contribution in [2.75, 3.05) is 33.0 Å². The minimum Gasteiger partial charge on any atom is -0.481 e. The Labute approximate surface area is 611 Å². The van der Waals surface area contributed by atoms with Gasteiger partial charge >= 0.3 is 5.97 Å². The molecule has 0 aliphatic rings. The molecule has 0 rings (SSSR count). The standard InChI is InChI=1S/C32H66O.C20H42O.C18H36O2.C16H34O.C3H8O3/c1-3-5-7-9-11-13-15-17-19-21-23-25-27-29-31-33-32-30-28-26-24-22-20-18-16-14-12-10-8-6-4-2;1-3-5-7-9-11-12-13-15-17-19-20(21)18-16-14-10-8-6-4-2;1-2-3-4-5-6-7-8-9-10-11-12-13-14-15-16-17-18(19)20;1-2-3-4-5-6-7-8-9-10-11-12-13-14-15-16-17;4-1-3(6)2-5/h3-32H2,1-2H3;20-21H,3-19H2,1-2H3;2-17H2,1H3,(H,19,20);17H,2-16H2,1H3;3-6H,1-2H2. The Balaban J connectivity index is -0.000000388. The highest BCUT2D eigenvalue weighted by Gasteiger charge is 2.05. The first kappa shape index (κ1) is 105. The maximum Gasteiger partial charge on any atom is 0.303 e. The van der Waals surface area contributed by atoms with Gasteiger partial charge in [-0.15, -0.1) is 0 Å². The Morgan fingerprint density at radius 1 is 0.227 bits per heavy atom. The molecular weight excluding hydrogens is 1200 g/mol. The average molecular weight is 1380 g/mol. The summed E-state index contributed by atoms with van der Waals surface area (Å²) in [4.78, 5) is 10.3. The van der Waals surface area contributed by atoms with Crippen LogP contribution in [0.4, 0.5) is 0 Å². The lowest BCUT2D eigenvalue weighted by Gasteiger charge is -2.10. The van der Waals surface area contributed by atoms with Gasteiger partial charge < -0.3 is 35.4 Å². The fourth-order valence-corrected chi connectivity index (χ4v) is 12.9. The van der Waals surface area contributed by atoms with Crippen LogP contribution in [0.25, 0.3) is 0 Å². The number of hydrogen-bond donors (Lipinski definition) is 6. The van der Waals surface area contributed by atoms with Gasteiger partial charge in [-0.2, -0.15) is 0 Å². The molecule has 0 aliphatic heterocycles. The molecule has 0 aromatic carbocycles. The first-order chi connectivity index (χ1) is 47.7. The zero-order valence-electron chi connectivity index (χ0n) is 67.7. The molecule has 6 N–H and O–H groups in total. The molecule has 0 bridgehead atoms. The van der Waals surface area contributed by atoms with Crippen LogP contribution in [-0.2, 0) is 9.53 Å². The number of carbonyl (C=O) groups is 1. The second-order valence-corrected chi connectivity index (χ2v) is 30.1. The van der Waals surface area contributed by atoms with Gasteiger partial charge in [0.25, 0.3) is 0 Å². The molecular formula is C89H186O8. The van der Waals surface area contributed by atoms with Gasteiger partial charge in [0.15, 0.2) is 0 Å². The van der Waals surface area contributed by atoms with Gasteiger partial charge in [-0.05, 0) is 38.5 Å². The van der Waals surface area contributed by atoms with Gasteiger partial charge in [0, 0.05) is 26.2 Å². The lowest BCUT2D eigenvalue weighted by atomic mass is 10.0. The van der Waals surface area contributed by atoms with E-state index in [2.05, 4.69) is 41.5 Å². The summed E-state index contributed by atoms with van der Waals surface area (Å²) in [6.07, 6.45) is 101. The summed E-state index contributed by atoms with van der Waals surface area (Å²) in [6.45, 7) is 15.3. The number of carboxylic acid groups (broad SMARTS) is 1. The Hall–Kier alpha value is -0.770. The van der Waals surface area contributed by atoms with Crippen LogP contribution in [0.1, 0.15) is 523 Å². The Morgan fingerprint density at radius 2 is 0.392 bits per heavy atom. The fraction of sp³-hybridized carbons (Fsp3) is 0.989. The summed E-state index contributed by atoms with van der Waals surface area (Å²) in [5, 5.41) is 51.1. The van der Waals surface area contributed by atoms with Crippen LogP contribution in [0.3, 0.4) is 0 Å². The first-order valence-corrected chi connectivity index (χ1v) is 44.7. The highest BCUT2D eigenvalue weighted by atomic mass is 16.5. The molecule has 0 amide bonds. The van der Waals surface area contributed by atoms with Crippen LogP contribution < -0.4 is 0 Å². The first-order valence-electron chi connectivity index (χ1n) is 44.7. The summed E-state index contributed by atoms with van der Waals surface area (Å²) in [5.74, 6) is -0.653. The fourth-order valence-electron chi connectivity index (χ4n) is 12.9. The highest BCUT2D eigenvalue weighted by molar-refractivity contribution is 5.66. The van der Waals surface area contributed by atoms with Crippen molar-refractivity contribution in [2.45, 2.75) is 535 Å². The molecule has 1 unspecified atom stereocenters. The molecule has 8 heteroatoms. The van der Waals surface area contributed by atoms with Crippen LogP contribution >= 0.6 is 0 Å². The molecule has 0 saturated heterocycles. The largest absolute Gasteiger partial charge is 0.481 e. The van der Waals surface area contributed by atoms with Crippen molar-refractivity contribution in [3.05, 3.63) is 0 Å². The average Bonchev–Trinajstić information content (AvgIpc) is 3.61. The number of rotatable bonds is 79. The number of aliphatic hydroxyl groups is 5. The van der Waals surface area contributed by atoms with Crippen molar-refractivity contribution in [3.8, 4) is 0 Å². The van der Waals surface area contributed by atoms with Gasteiger partial charge in [-0.1, -0.05) is 478 Å². The number of hydrogen-bond acceptors (Lipinski definition) is 7. The maximum absolute atomic E-state index is 10.3. The topological polar surface area (TPSA) is 148 Å². The van der Waals surface area contributed by atoms with Gasteiger partial charge in [0.2, 0.25) is 0 Å². The predicted octanol–water partition coefficient (Wildman–Crippen LogP) is 29.1. The minimum absolute atomic E-state index is 0.0271. The Morgan fingerprint density at radius 3 is 0.557 bits per heavy atom. The van der Waals surface area contributed by atoms with Gasteiger partial charge in [0.1, 0.15) is 6.10 Å². The van der Waals surface area contributed by atoms with E-state index < -0.39 is 12.1 Å². The smallest absolute Gasteiger partial charge is 0.303 e. The summed E-state index contributed by atoms with van der Waals surface area (Å²) in [6, 6.07) is 0. The molecule has 0 saturated carbocycles. The highest BCUT2D eigenvalue weighted by Crippen LogP contribution is 2.20. The summed E-state index contributed by atoms with van der Waals surface area (Å²) in [7, 11) is 0. The number of aliphatic carboxylic acids is 1. The summed E-state index contributed by atoms with van der Waals surface area (Å²) in [5.41, 5.74) is 0. The summed E-state index contributed by atoms with van der Waals surface area (Å²) >= 11 is 0. The van der Waals surface area contributed by atoms with Crippen molar-refractivity contribution in [2.24, 2.45) is 0 Å². The molecule has 0 aliphatic carbocycles. The second kappa shape index (κ2) is 106. The number of carboxylic acids is 1. The molecule has 0 spiro atoms. The van der Waals surface area contributed by atoms with E-state index >= 15 is 0 Å². The third-order valence-electron chi connectivity index (χ3n) is 19.7. The van der Waals surface area contributed by atoms with Crippen molar-refractivity contribution in [1.29, 1.82) is 0 Å². The third-order valence-corrected chi connectivity index (χ3v) is 19.7. The number of ether oxygens (including phenoxy) is 1. The molecule has 97 heavy (non-hydrogen) atoms. The van der Waals surface area contributed by atoms with E-state index in [1.807, 2.05) is 0 Å². The Bertz CT molecular complexity index is 1200. The van der Waals surface area contributed by atoms with Crippen molar-refractivity contribution >= 4 is 5.97 Å². The van der Waals surface area contributed by atoms with E-state index in [-0.39, 0.29) is 19.3 Å². The lowest BCUT2D eigenvalue weighted by Crippen LogP contribution is -2.15. The van der Waals surface area contributed by atoms with Crippen LogP contribution in [0.5, 0.6) is 0 Å². The minimum atomic E-state index is -0.954. The van der Waals surface area contributed by atoms with E-state index in [9.17, 15) is 9.90 Å². The normalized spacial score (nSPS) is 11.4. The lowest BCUT2D eigenvalue weighted by molar-refractivity contribution is -0.137. The van der Waals surface area contributed by atoms with Gasteiger partial charge in [-0.3, -0.25) is 4.79 Å². The molecule has 0 aromatic heterocycles. The van der Waals surface area contributed by atoms with Crippen LogP contribution in [0.15, 0.2) is 0 Å². The monoisotopic (exact) mass is 1380 g/mol. The molecule has 0 radical (unpaired) electrons. The summed E-state index contributed by atoms with van der Waals surface area (Å²) < 4.78 is 5.85. The second-order valence-electron chi connectivity index (χ2n) is 30.1. The third kappa shape index (κ3) is 119. The van der Waals surface area contributed by atoms with Crippen LogP contribution in [0, 0.1) is 0 Å². The molecule has 1 atom stereocenters. The van der Waals surface area contributed by atoms with Crippen molar-refractivity contribution in [1.82, 2.24) is 0 Å². The van der Waals surface area contributed by atoms with Crippen LogP contribution in [-0.4, -0.2) is 81.9 Å². The van der Waals surface area contributed by atoms with E-state index in [1.54, 1.807) is 0 Å². The van der Waals surface area contributed by atoms with Crippen LogP contribution in [0.2, 0.25) is 0 Å². The molecule has 0 heterocycles. The zero-order chi connectivity index (χ0) is 72.0. The SMILES string of the molecule is CCCCCCCCCCCC(O)CCCCCCCC.CCCCCCCCCCCCCCCCCC(=O)O.CCCCCCCCCCCCCCCCO.CCCCCCCCCCCCCCCCOCCCCCCCCCCCCCCCC.OCC(O)CO. The van der Waals surface area contributed by atoms with E-state index in [0.717, 1.165) is 45.3 Å². The van der Waals surface area contributed by atoms with E-state index in [1.165, 1.54) is 443 Å². The molecule has 0 fully saturated rings. The molecule has 0 aromatic rings. The predicted molar refractivity (Wildman–Crippen MR) is 432 cm³/mol. The zero-order valence-corrected chi connectivity index (χ0v) is 67.7. The van der Waals surface area contributed by atoms with E-state index in [0.29, 0.717) is 13.0 Å². The van der Waals surface area contributed by atoms with Crippen molar-refractivity contribution < 1.29 is 40.2 Å². The van der Waals surface area contributed by atoms with Gasteiger partial charge in [0.05, 0.1) is 19.3 Å². The quantitative estimate of drug-likeness (QED) is 0.0330. The van der Waals surface area contributed by atoms with Crippen molar-refractivity contribution in [3.63, 3.8) is 0 Å². The Kier molecular flexibility index (Phi) is 115. The number of aliphatic hydroxyl groups excluding tert-OH is 5.